The van der Waals surface area contributed by atoms with Gasteiger partial charge in [0.25, 0.3) is 5.91 Å². The van der Waals surface area contributed by atoms with Gasteiger partial charge in [0.1, 0.15) is 4.88 Å². The van der Waals surface area contributed by atoms with Gasteiger partial charge in [-0.15, -0.1) is 0 Å². The smallest absolute Gasteiger partial charge is 0.266 e. The Morgan fingerprint density at radius 3 is 2.69 bits per heavy atom. The molecule has 1 N–H and O–H groups in total. The molecule has 0 bridgehead atoms. The zero-order valence-electron chi connectivity index (χ0n) is 16.1. The Bertz CT molecular complexity index is 1070. The Kier molecular flexibility index (Phi) is 4.71. The van der Waals surface area contributed by atoms with Gasteiger partial charge >= 0.3 is 0 Å². The summed E-state index contributed by atoms with van der Waals surface area (Å²) in [5, 5.41) is 4.42. The number of anilines is 1. The Labute approximate surface area is 176 Å². The normalized spacial score (nSPS) is 16.4. The quantitative estimate of drug-likeness (QED) is 0.689. The first kappa shape index (κ1) is 18.5. The van der Waals surface area contributed by atoms with Crippen LogP contribution in [0.15, 0.2) is 24.5 Å². The van der Waals surface area contributed by atoms with Crippen LogP contribution in [0.2, 0.25) is 0 Å². The van der Waals surface area contributed by atoms with E-state index in [1.807, 2.05) is 40.9 Å². The van der Waals surface area contributed by atoms with Gasteiger partial charge in [-0.25, -0.2) is 9.97 Å². The topological polar surface area (TPSA) is 80.1 Å². The third-order valence-electron chi connectivity index (χ3n) is 5.53. The number of nitrogens with one attached hydrogen (secondary N) is 1. The number of aromatic nitrogens is 3. The molecule has 1 aliphatic carbocycles. The molecule has 3 aromatic rings. The Morgan fingerprint density at radius 2 is 1.97 bits per heavy atom. The second kappa shape index (κ2) is 7.38. The van der Waals surface area contributed by atoms with Gasteiger partial charge in [0.15, 0.2) is 10.3 Å². The molecule has 4 heterocycles. The fourth-order valence-corrected chi connectivity index (χ4v) is 5.63. The van der Waals surface area contributed by atoms with Crippen LogP contribution >= 0.6 is 22.7 Å². The molecule has 9 heteroatoms. The molecule has 3 aromatic heterocycles. The number of thiazole rings is 2. The third kappa shape index (κ3) is 3.49. The maximum absolute atomic E-state index is 13.1. The minimum Gasteiger partial charge on any atom is -0.332 e. The summed E-state index contributed by atoms with van der Waals surface area (Å²) in [6, 6.07) is 3.88. The van der Waals surface area contributed by atoms with Crippen LogP contribution in [0, 0.1) is 12.8 Å². The van der Waals surface area contributed by atoms with Gasteiger partial charge in [0.2, 0.25) is 5.91 Å². The van der Waals surface area contributed by atoms with Crippen LogP contribution in [0.1, 0.15) is 45.2 Å². The van der Waals surface area contributed by atoms with Gasteiger partial charge < -0.3 is 14.8 Å². The zero-order chi connectivity index (χ0) is 20.0. The van der Waals surface area contributed by atoms with E-state index < -0.39 is 0 Å². The number of fused-ring (bicyclic) bond motifs is 1. The van der Waals surface area contributed by atoms with Gasteiger partial charge in [-0.2, -0.15) is 0 Å². The van der Waals surface area contributed by atoms with Crippen LogP contribution in [0.3, 0.4) is 0 Å². The number of rotatable bonds is 4. The second-order valence-electron chi connectivity index (χ2n) is 7.48. The summed E-state index contributed by atoms with van der Waals surface area (Å²) < 4.78 is 1.92. The average Bonchev–Trinajstić information content (AvgIpc) is 3.37. The van der Waals surface area contributed by atoms with Crippen molar-refractivity contribution in [1.82, 2.24) is 19.4 Å². The Balaban J connectivity index is 1.30. The molecule has 0 saturated heterocycles. The van der Waals surface area contributed by atoms with Crippen molar-refractivity contribution in [2.45, 2.75) is 39.2 Å². The van der Waals surface area contributed by atoms with Crippen molar-refractivity contribution in [2.75, 3.05) is 11.9 Å². The largest absolute Gasteiger partial charge is 0.332 e. The van der Waals surface area contributed by atoms with Gasteiger partial charge in [-0.3, -0.25) is 9.59 Å². The van der Waals surface area contributed by atoms with E-state index in [1.54, 1.807) is 0 Å². The van der Waals surface area contributed by atoms with Crippen LogP contribution < -0.4 is 5.32 Å². The van der Waals surface area contributed by atoms with Crippen molar-refractivity contribution in [3.8, 4) is 5.13 Å². The number of aryl methyl sites for hydroxylation is 1. The third-order valence-corrected chi connectivity index (χ3v) is 7.69. The molecule has 0 spiro atoms. The number of hydrogen-bond acceptors (Lipinski definition) is 6. The molecule has 7 nitrogen and oxygen atoms in total. The maximum Gasteiger partial charge on any atom is 0.266 e. The maximum atomic E-state index is 13.1. The van der Waals surface area contributed by atoms with Crippen molar-refractivity contribution in [3.05, 3.63) is 45.7 Å². The van der Waals surface area contributed by atoms with Crippen molar-refractivity contribution in [3.63, 3.8) is 0 Å². The summed E-state index contributed by atoms with van der Waals surface area (Å²) in [6.45, 7) is 3.04. The Hall–Kier alpha value is -2.52. The predicted molar refractivity (Wildman–Crippen MR) is 113 cm³/mol. The van der Waals surface area contributed by atoms with Crippen molar-refractivity contribution >= 4 is 39.6 Å². The second-order valence-corrected chi connectivity index (χ2v) is 9.55. The van der Waals surface area contributed by atoms with Crippen LogP contribution in [0.25, 0.3) is 5.13 Å². The van der Waals surface area contributed by atoms with Crippen LogP contribution in [-0.4, -0.2) is 37.8 Å². The lowest BCUT2D eigenvalue weighted by Crippen LogP contribution is -2.35. The summed E-state index contributed by atoms with van der Waals surface area (Å²) in [4.78, 5) is 38.1. The molecule has 5 rings (SSSR count). The van der Waals surface area contributed by atoms with E-state index in [4.69, 9.17) is 0 Å². The lowest BCUT2D eigenvalue weighted by atomic mass is 9.85. The Morgan fingerprint density at radius 1 is 1.17 bits per heavy atom. The van der Waals surface area contributed by atoms with E-state index in [1.165, 1.54) is 22.7 Å². The molecule has 2 amide bonds. The lowest BCUT2D eigenvalue weighted by Gasteiger charge is -2.25. The standard InChI is InChI=1S/C20H21N5O2S2/c1-12-16(29-20(21-12)24-8-2-3-9-24)18(27)25-10-7-14-15(11-25)28-19(22-14)23-17(26)13-5-4-6-13/h2-3,8-9,13H,4-7,10-11H2,1H3,(H,22,23,26). The highest BCUT2D eigenvalue weighted by Crippen LogP contribution is 2.32. The van der Waals surface area contributed by atoms with Gasteiger partial charge in [-0.1, -0.05) is 29.1 Å². The molecule has 0 radical (unpaired) electrons. The first-order chi connectivity index (χ1) is 14.1. The molecule has 1 aliphatic heterocycles. The van der Waals surface area contributed by atoms with Crippen molar-refractivity contribution in [1.29, 1.82) is 0 Å². The summed E-state index contributed by atoms with van der Waals surface area (Å²) in [5.41, 5.74) is 1.75. The summed E-state index contributed by atoms with van der Waals surface area (Å²) in [6.07, 6.45) is 7.63. The number of carbonyl (C=O) groups is 2. The molecule has 0 atom stereocenters. The average molecular weight is 428 g/mol. The SMILES string of the molecule is Cc1nc(-n2cccc2)sc1C(=O)N1CCc2nc(NC(=O)C3CCC3)sc2C1. The fourth-order valence-electron chi connectivity index (χ4n) is 3.60. The van der Waals surface area contributed by atoms with Gasteiger partial charge in [-0.05, 0) is 31.9 Å². The van der Waals surface area contributed by atoms with Crippen molar-refractivity contribution < 1.29 is 9.59 Å². The summed E-state index contributed by atoms with van der Waals surface area (Å²) in [5.74, 6) is 0.225. The molecule has 1 fully saturated rings. The minimum absolute atomic E-state index is 0.0116. The molecule has 0 aromatic carbocycles. The summed E-state index contributed by atoms with van der Waals surface area (Å²) in [7, 11) is 0. The fraction of sp³-hybridized carbons (Fsp3) is 0.400. The van der Waals surface area contributed by atoms with Crippen LogP contribution in [0.5, 0.6) is 0 Å². The molecule has 1 saturated carbocycles. The highest BCUT2D eigenvalue weighted by molar-refractivity contribution is 7.16. The van der Waals surface area contributed by atoms with E-state index in [0.717, 1.165) is 40.7 Å². The number of nitrogens with zero attached hydrogens (tertiary/aromatic N) is 4. The zero-order valence-corrected chi connectivity index (χ0v) is 17.7. The van der Waals surface area contributed by atoms with E-state index in [0.29, 0.717) is 29.5 Å². The highest BCUT2D eigenvalue weighted by atomic mass is 32.1. The van der Waals surface area contributed by atoms with E-state index in [-0.39, 0.29) is 17.7 Å². The first-order valence-electron chi connectivity index (χ1n) is 9.78. The minimum atomic E-state index is 0.0116. The number of amides is 2. The molecule has 29 heavy (non-hydrogen) atoms. The van der Waals surface area contributed by atoms with Crippen LogP contribution in [0.4, 0.5) is 5.13 Å². The first-order valence-corrected chi connectivity index (χ1v) is 11.4. The highest BCUT2D eigenvalue weighted by Gasteiger charge is 2.29. The molecule has 150 valence electrons. The monoisotopic (exact) mass is 427 g/mol. The van der Waals surface area contributed by atoms with Gasteiger partial charge in [0.05, 0.1) is 17.9 Å². The van der Waals surface area contributed by atoms with Crippen LogP contribution in [-0.2, 0) is 17.8 Å². The van der Waals surface area contributed by atoms with E-state index in [2.05, 4.69) is 15.3 Å². The molecule has 0 unspecified atom stereocenters. The van der Waals surface area contributed by atoms with Gasteiger partial charge in [0, 0.05) is 36.2 Å². The molecular formula is C20H21N5O2S2. The molecule has 2 aliphatic rings. The molecular weight excluding hydrogens is 406 g/mol. The summed E-state index contributed by atoms with van der Waals surface area (Å²) >= 11 is 2.90. The predicted octanol–water partition coefficient (Wildman–Crippen LogP) is 3.64. The number of carbonyl (C=O) groups excluding carboxylic acids is 2. The lowest BCUT2D eigenvalue weighted by molar-refractivity contribution is -0.122. The van der Waals surface area contributed by atoms with E-state index in [9.17, 15) is 9.59 Å². The van der Waals surface area contributed by atoms with E-state index >= 15 is 0 Å². The number of hydrogen-bond donors (Lipinski definition) is 1. The van der Waals surface area contributed by atoms with Crippen molar-refractivity contribution in [2.24, 2.45) is 5.92 Å².